The Morgan fingerprint density at radius 2 is 2.11 bits per heavy atom. The monoisotopic (exact) mass is 294 g/mol. The third-order valence-corrected chi connectivity index (χ3v) is 5.26. The first kappa shape index (κ1) is 14.1. The normalized spacial score (nSPS) is 23.4. The molecule has 0 aliphatic carbocycles. The van der Waals surface area contributed by atoms with Crippen molar-refractivity contribution in [2.24, 2.45) is 0 Å². The van der Waals surface area contributed by atoms with Crippen LogP contribution in [-0.4, -0.2) is 37.5 Å². The molecule has 0 aromatic carbocycles. The van der Waals surface area contributed by atoms with Crippen molar-refractivity contribution in [1.82, 2.24) is 4.98 Å². The summed E-state index contributed by atoms with van der Waals surface area (Å²) in [5.74, 6) is 0.100. The highest BCUT2D eigenvalue weighted by atomic mass is 32.2. The molecule has 19 heavy (non-hydrogen) atoms. The van der Waals surface area contributed by atoms with Gasteiger partial charge in [0.25, 0.3) is 0 Å². The first-order valence-electron chi connectivity index (χ1n) is 5.70. The summed E-state index contributed by atoms with van der Waals surface area (Å²) in [5.41, 5.74) is -0.779. The molecule has 1 atom stereocenters. The van der Waals surface area contributed by atoms with Crippen LogP contribution in [0.15, 0.2) is 18.3 Å². The van der Waals surface area contributed by atoms with Gasteiger partial charge in [0.15, 0.2) is 9.84 Å². The van der Waals surface area contributed by atoms with Crippen LogP contribution in [0.4, 0.5) is 19.0 Å². The molecule has 0 amide bonds. The van der Waals surface area contributed by atoms with Crippen molar-refractivity contribution in [3.63, 3.8) is 0 Å². The van der Waals surface area contributed by atoms with Gasteiger partial charge in [-0.1, -0.05) is 0 Å². The Balaban J connectivity index is 2.25. The average Bonchev–Trinajstić information content (AvgIpc) is 2.32. The molecule has 1 aromatic rings. The van der Waals surface area contributed by atoms with Gasteiger partial charge in [-0.25, -0.2) is 13.4 Å². The number of alkyl halides is 3. The van der Waals surface area contributed by atoms with Crippen molar-refractivity contribution >= 4 is 15.7 Å². The average molecular weight is 294 g/mol. The number of hydrogen-bond donors (Lipinski definition) is 0. The van der Waals surface area contributed by atoms with Crippen LogP contribution >= 0.6 is 0 Å². The van der Waals surface area contributed by atoms with E-state index in [4.69, 9.17) is 0 Å². The van der Waals surface area contributed by atoms with Gasteiger partial charge in [0.1, 0.15) is 5.82 Å². The maximum atomic E-state index is 12.6. The highest BCUT2D eigenvalue weighted by molar-refractivity contribution is 7.92. The van der Waals surface area contributed by atoms with E-state index in [1.807, 2.05) is 0 Å². The van der Waals surface area contributed by atoms with Crippen LogP contribution in [0.25, 0.3) is 0 Å². The zero-order valence-corrected chi connectivity index (χ0v) is 11.0. The number of pyridine rings is 1. The summed E-state index contributed by atoms with van der Waals surface area (Å²) in [6, 6.07) is 1.85. The molecular weight excluding hydrogens is 281 g/mol. The Labute approximate surface area is 109 Å². The van der Waals surface area contributed by atoms with E-state index in [-0.39, 0.29) is 24.7 Å². The number of anilines is 1. The summed E-state index contributed by atoms with van der Waals surface area (Å²) in [4.78, 5) is 5.46. The fourth-order valence-corrected chi connectivity index (χ4v) is 3.21. The summed E-state index contributed by atoms with van der Waals surface area (Å²) in [5, 5.41) is -0.599. The van der Waals surface area contributed by atoms with Crippen LogP contribution in [0.3, 0.4) is 0 Å². The van der Waals surface area contributed by atoms with E-state index in [9.17, 15) is 21.6 Å². The van der Waals surface area contributed by atoms with E-state index in [2.05, 4.69) is 4.98 Å². The standard InChI is InChI=1S/C11H13F3N2O2S/c1-8-7-16(4-5-19(8,17)18)10-6-9(2-3-15-10)11(12,13)14/h2-3,6,8H,4-5,7H2,1H3. The number of aromatic nitrogens is 1. The van der Waals surface area contributed by atoms with E-state index < -0.39 is 26.8 Å². The molecule has 1 aliphatic rings. The van der Waals surface area contributed by atoms with Gasteiger partial charge in [-0.05, 0) is 19.1 Å². The van der Waals surface area contributed by atoms with Gasteiger partial charge in [-0.3, -0.25) is 0 Å². The summed E-state index contributed by atoms with van der Waals surface area (Å²) < 4.78 is 60.9. The minimum absolute atomic E-state index is 0.0634. The molecule has 1 saturated heterocycles. The van der Waals surface area contributed by atoms with E-state index in [1.54, 1.807) is 11.8 Å². The first-order valence-corrected chi connectivity index (χ1v) is 7.41. The Kier molecular flexibility index (Phi) is 3.46. The largest absolute Gasteiger partial charge is 0.416 e. The lowest BCUT2D eigenvalue weighted by Crippen LogP contribution is -2.45. The summed E-state index contributed by atoms with van der Waals surface area (Å²) in [6.07, 6.45) is -3.34. The molecule has 8 heteroatoms. The van der Waals surface area contributed by atoms with Gasteiger partial charge < -0.3 is 4.90 Å². The molecule has 1 unspecified atom stereocenters. The molecule has 0 saturated carbocycles. The second-order valence-corrected chi connectivity index (χ2v) is 7.06. The van der Waals surface area contributed by atoms with Crippen LogP contribution in [0.5, 0.6) is 0 Å². The SMILES string of the molecule is CC1CN(c2cc(C(F)(F)F)ccn2)CCS1(=O)=O. The van der Waals surface area contributed by atoms with Gasteiger partial charge in [0.05, 0.1) is 16.6 Å². The minimum Gasteiger partial charge on any atom is -0.354 e. The van der Waals surface area contributed by atoms with Gasteiger partial charge in [-0.15, -0.1) is 0 Å². The van der Waals surface area contributed by atoms with E-state index >= 15 is 0 Å². The van der Waals surface area contributed by atoms with Crippen molar-refractivity contribution in [2.45, 2.75) is 18.3 Å². The lowest BCUT2D eigenvalue weighted by Gasteiger charge is -2.31. The first-order chi connectivity index (χ1) is 8.70. The number of hydrogen-bond acceptors (Lipinski definition) is 4. The third kappa shape index (κ3) is 2.99. The van der Waals surface area contributed by atoms with Gasteiger partial charge in [0.2, 0.25) is 0 Å². The molecule has 0 radical (unpaired) electrons. The summed E-state index contributed by atoms with van der Waals surface area (Å²) in [6.45, 7) is 1.88. The number of rotatable bonds is 1. The fraction of sp³-hybridized carbons (Fsp3) is 0.545. The van der Waals surface area contributed by atoms with Gasteiger partial charge in [0, 0.05) is 19.3 Å². The maximum absolute atomic E-state index is 12.6. The Morgan fingerprint density at radius 3 is 2.68 bits per heavy atom. The van der Waals surface area contributed by atoms with Crippen LogP contribution in [0.2, 0.25) is 0 Å². The molecule has 106 valence electrons. The maximum Gasteiger partial charge on any atom is 0.416 e. The number of sulfone groups is 1. The van der Waals surface area contributed by atoms with Crippen molar-refractivity contribution in [1.29, 1.82) is 0 Å². The van der Waals surface area contributed by atoms with Crippen LogP contribution in [0, 0.1) is 0 Å². The highest BCUT2D eigenvalue weighted by Crippen LogP contribution is 2.31. The molecule has 0 bridgehead atoms. The predicted molar refractivity (Wildman–Crippen MR) is 64.7 cm³/mol. The molecule has 0 N–H and O–H groups in total. The van der Waals surface area contributed by atoms with Crippen molar-refractivity contribution in [3.8, 4) is 0 Å². The number of nitrogens with zero attached hydrogens (tertiary/aromatic N) is 2. The molecule has 2 rings (SSSR count). The van der Waals surface area contributed by atoms with Crippen LogP contribution in [-0.2, 0) is 16.0 Å². The topological polar surface area (TPSA) is 50.3 Å². The Morgan fingerprint density at radius 1 is 1.42 bits per heavy atom. The second kappa shape index (κ2) is 4.66. The molecule has 1 aromatic heterocycles. The van der Waals surface area contributed by atoms with Crippen molar-refractivity contribution in [2.75, 3.05) is 23.7 Å². The van der Waals surface area contributed by atoms with E-state index in [0.29, 0.717) is 0 Å². The smallest absolute Gasteiger partial charge is 0.354 e. The number of halogens is 3. The van der Waals surface area contributed by atoms with E-state index in [0.717, 1.165) is 18.3 Å². The Hall–Kier alpha value is -1.31. The summed E-state index contributed by atoms with van der Waals surface area (Å²) >= 11 is 0. The molecule has 0 spiro atoms. The highest BCUT2D eigenvalue weighted by Gasteiger charge is 2.33. The van der Waals surface area contributed by atoms with Gasteiger partial charge >= 0.3 is 6.18 Å². The fourth-order valence-electron chi connectivity index (χ4n) is 1.93. The zero-order chi connectivity index (χ0) is 14.3. The van der Waals surface area contributed by atoms with Crippen molar-refractivity contribution < 1.29 is 21.6 Å². The Bertz CT molecular complexity index is 572. The third-order valence-electron chi connectivity index (χ3n) is 3.13. The minimum atomic E-state index is -4.43. The predicted octanol–water partition coefficient (Wildman–Crippen LogP) is 1.72. The van der Waals surface area contributed by atoms with Crippen LogP contribution < -0.4 is 4.90 Å². The second-order valence-electron chi connectivity index (χ2n) is 4.52. The molecule has 1 aliphatic heterocycles. The zero-order valence-electron chi connectivity index (χ0n) is 10.2. The quantitative estimate of drug-likeness (QED) is 0.791. The van der Waals surface area contributed by atoms with Crippen LogP contribution in [0.1, 0.15) is 12.5 Å². The lowest BCUT2D eigenvalue weighted by atomic mass is 10.2. The lowest BCUT2D eigenvalue weighted by molar-refractivity contribution is -0.137. The van der Waals surface area contributed by atoms with Crippen molar-refractivity contribution in [3.05, 3.63) is 23.9 Å². The molecular formula is C11H13F3N2O2S. The molecule has 1 fully saturated rings. The summed E-state index contributed by atoms with van der Waals surface area (Å²) in [7, 11) is -3.13. The van der Waals surface area contributed by atoms with E-state index in [1.165, 1.54) is 0 Å². The van der Waals surface area contributed by atoms with Gasteiger partial charge in [-0.2, -0.15) is 13.2 Å². The molecule has 4 nitrogen and oxygen atoms in total. The molecule has 2 heterocycles.